The maximum absolute atomic E-state index is 11.6. The van der Waals surface area contributed by atoms with Crippen LogP contribution in [0.3, 0.4) is 0 Å². The van der Waals surface area contributed by atoms with Crippen LogP contribution in [0.5, 0.6) is 0 Å². The van der Waals surface area contributed by atoms with E-state index in [0.29, 0.717) is 10.8 Å². The second kappa shape index (κ2) is 6.02. The zero-order valence-electron chi connectivity index (χ0n) is 10.7. The number of carbonyl (C=O) groups is 1. The highest BCUT2D eigenvalue weighted by atomic mass is 35.5. The number of pyridine rings is 1. The van der Waals surface area contributed by atoms with Crippen LogP contribution in [0.25, 0.3) is 0 Å². The molecule has 1 atom stereocenters. The van der Waals surface area contributed by atoms with Crippen LogP contribution in [0.1, 0.15) is 20.8 Å². The Kier molecular flexibility index (Phi) is 4.93. The topological polar surface area (TPSA) is 74.2 Å². The van der Waals surface area contributed by atoms with Crippen LogP contribution in [-0.4, -0.2) is 28.8 Å². The van der Waals surface area contributed by atoms with Gasteiger partial charge in [-0.2, -0.15) is 0 Å². The van der Waals surface area contributed by atoms with E-state index < -0.39 is 6.10 Å². The normalized spacial score (nSPS) is 12.9. The highest BCUT2D eigenvalue weighted by Crippen LogP contribution is 2.18. The van der Waals surface area contributed by atoms with E-state index in [1.54, 1.807) is 12.1 Å². The molecule has 100 valence electrons. The van der Waals surface area contributed by atoms with Crippen molar-refractivity contribution in [2.75, 3.05) is 11.9 Å². The molecule has 1 aromatic heterocycles. The van der Waals surface area contributed by atoms with Gasteiger partial charge in [-0.15, -0.1) is 0 Å². The number of aliphatic hydroxyl groups excluding tert-OH is 1. The number of aliphatic hydroxyl groups is 1. The molecule has 0 aliphatic rings. The van der Waals surface area contributed by atoms with Gasteiger partial charge in [0.2, 0.25) is 0 Å². The third-order valence-corrected chi connectivity index (χ3v) is 2.65. The summed E-state index contributed by atoms with van der Waals surface area (Å²) in [5, 5.41) is 15.3. The van der Waals surface area contributed by atoms with Crippen molar-refractivity contribution >= 4 is 23.3 Å². The number of nitrogens with one attached hydrogen (secondary N) is 2. The van der Waals surface area contributed by atoms with Crippen molar-refractivity contribution in [3.05, 3.63) is 23.5 Å². The van der Waals surface area contributed by atoms with Crippen molar-refractivity contribution in [1.29, 1.82) is 0 Å². The zero-order chi connectivity index (χ0) is 13.8. The lowest BCUT2D eigenvalue weighted by Gasteiger charge is -2.25. The third kappa shape index (κ3) is 4.89. The summed E-state index contributed by atoms with van der Waals surface area (Å²) in [5.41, 5.74) is 0.283. The first kappa shape index (κ1) is 14.7. The van der Waals surface area contributed by atoms with Gasteiger partial charge in [0.25, 0.3) is 0 Å². The van der Waals surface area contributed by atoms with Gasteiger partial charge in [0, 0.05) is 18.4 Å². The van der Waals surface area contributed by atoms with E-state index >= 15 is 0 Å². The Hall–Kier alpha value is -1.33. The number of rotatable bonds is 3. The van der Waals surface area contributed by atoms with Crippen molar-refractivity contribution in [2.24, 2.45) is 5.41 Å². The lowest BCUT2D eigenvalue weighted by atomic mass is 9.89. The van der Waals surface area contributed by atoms with E-state index in [4.69, 9.17) is 11.6 Å². The van der Waals surface area contributed by atoms with Gasteiger partial charge in [0.05, 0.1) is 6.10 Å². The van der Waals surface area contributed by atoms with Gasteiger partial charge in [-0.3, -0.25) is 0 Å². The van der Waals surface area contributed by atoms with Gasteiger partial charge in [-0.1, -0.05) is 32.4 Å². The first-order valence-electron chi connectivity index (χ1n) is 5.63. The number of amides is 2. The highest BCUT2D eigenvalue weighted by Gasteiger charge is 2.22. The van der Waals surface area contributed by atoms with Crippen molar-refractivity contribution in [3.8, 4) is 0 Å². The van der Waals surface area contributed by atoms with E-state index in [0.717, 1.165) is 0 Å². The Balaban J connectivity index is 2.43. The number of aromatic nitrogens is 1. The van der Waals surface area contributed by atoms with E-state index in [2.05, 4.69) is 15.6 Å². The monoisotopic (exact) mass is 271 g/mol. The van der Waals surface area contributed by atoms with E-state index in [9.17, 15) is 9.90 Å². The quantitative estimate of drug-likeness (QED) is 0.738. The molecule has 3 N–H and O–H groups in total. The fraction of sp³-hybridized carbons (Fsp3) is 0.500. The summed E-state index contributed by atoms with van der Waals surface area (Å²) in [4.78, 5) is 15.4. The van der Waals surface area contributed by atoms with Gasteiger partial charge < -0.3 is 15.7 Å². The summed E-state index contributed by atoms with van der Waals surface area (Å²) < 4.78 is 0. The molecule has 0 spiro atoms. The van der Waals surface area contributed by atoms with Crippen LogP contribution in [0.2, 0.25) is 5.15 Å². The SMILES string of the molecule is CC(C)(C)C(O)CNC(=O)Nc1ccnc(Cl)c1. The van der Waals surface area contributed by atoms with Crippen molar-refractivity contribution in [1.82, 2.24) is 10.3 Å². The predicted octanol–water partition coefficient (Wildman–Crippen LogP) is 2.26. The van der Waals surface area contributed by atoms with Crippen molar-refractivity contribution in [3.63, 3.8) is 0 Å². The molecule has 0 fully saturated rings. The Labute approximate surface area is 112 Å². The molecular weight excluding hydrogens is 254 g/mol. The fourth-order valence-electron chi connectivity index (χ4n) is 1.15. The molecule has 0 aliphatic carbocycles. The molecule has 6 heteroatoms. The molecule has 0 aliphatic heterocycles. The Morgan fingerprint density at radius 3 is 2.78 bits per heavy atom. The van der Waals surface area contributed by atoms with Gasteiger partial charge >= 0.3 is 6.03 Å². The summed E-state index contributed by atoms with van der Waals surface area (Å²) >= 11 is 5.69. The molecule has 0 aromatic carbocycles. The number of nitrogens with zero attached hydrogens (tertiary/aromatic N) is 1. The summed E-state index contributed by atoms with van der Waals surface area (Å²) in [5.74, 6) is 0. The maximum atomic E-state index is 11.6. The lowest BCUT2D eigenvalue weighted by molar-refractivity contribution is 0.0654. The molecule has 0 radical (unpaired) electrons. The van der Waals surface area contributed by atoms with Gasteiger partial charge in [0.15, 0.2) is 0 Å². The van der Waals surface area contributed by atoms with Crippen molar-refractivity contribution < 1.29 is 9.90 Å². The van der Waals surface area contributed by atoms with Crippen LogP contribution in [0.15, 0.2) is 18.3 Å². The standard InChI is InChI=1S/C12H18ClN3O2/c1-12(2,3)9(17)7-15-11(18)16-8-4-5-14-10(13)6-8/h4-6,9,17H,7H2,1-3H3,(H2,14,15,16,18). The summed E-state index contributed by atoms with van der Waals surface area (Å²) in [6.45, 7) is 5.90. The van der Waals surface area contributed by atoms with Gasteiger partial charge in [0.1, 0.15) is 5.15 Å². The van der Waals surface area contributed by atoms with Crippen LogP contribution >= 0.6 is 11.6 Å². The Morgan fingerprint density at radius 1 is 1.56 bits per heavy atom. The number of hydrogen-bond donors (Lipinski definition) is 3. The zero-order valence-corrected chi connectivity index (χ0v) is 11.5. The maximum Gasteiger partial charge on any atom is 0.319 e. The second-order valence-corrected chi connectivity index (χ2v) is 5.47. The number of hydrogen-bond acceptors (Lipinski definition) is 3. The molecule has 2 amide bonds. The number of halogens is 1. The third-order valence-electron chi connectivity index (χ3n) is 2.44. The van der Waals surface area contributed by atoms with Crippen LogP contribution in [0.4, 0.5) is 10.5 Å². The smallest absolute Gasteiger partial charge is 0.319 e. The Bertz CT molecular complexity index is 418. The summed E-state index contributed by atoms with van der Waals surface area (Å²) in [6.07, 6.45) is 0.895. The molecule has 0 saturated carbocycles. The van der Waals surface area contributed by atoms with Crippen LogP contribution < -0.4 is 10.6 Å². The first-order valence-corrected chi connectivity index (χ1v) is 6.01. The minimum Gasteiger partial charge on any atom is -0.391 e. The summed E-state index contributed by atoms with van der Waals surface area (Å²) in [6, 6.07) is 2.79. The largest absolute Gasteiger partial charge is 0.391 e. The molecule has 1 heterocycles. The lowest BCUT2D eigenvalue weighted by Crippen LogP contribution is -2.40. The van der Waals surface area contributed by atoms with Crippen LogP contribution in [0, 0.1) is 5.41 Å². The molecule has 18 heavy (non-hydrogen) atoms. The molecule has 0 bridgehead atoms. The minimum atomic E-state index is -0.607. The molecule has 1 unspecified atom stereocenters. The Morgan fingerprint density at radius 2 is 2.22 bits per heavy atom. The fourth-order valence-corrected chi connectivity index (χ4v) is 1.32. The highest BCUT2D eigenvalue weighted by molar-refractivity contribution is 6.29. The minimum absolute atomic E-state index is 0.189. The van der Waals surface area contributed by atoms with E-state index in [1.165, 1.54) is 6.20 Å². The summed E-state index contributed by atoms with van der Waals surface area (Å²) in [7, 11) is 0. The van der Waals surface area contributed by atoms with Crippen molar-refractivity contribution in [2.45, 2.75) is 26.9 Å². The average Bonchev–Trinajstić information content (AvgIpc) is 2.24. The van der Waals surface area contributed by atoms with Gasteiger partial charge in [-0.25, -0.2) is 9.78 Å². The molecule has 5 nitrogen and oxygen atoms in total. The van der Waals surface area contributed by atoms with Crippen LogP contribution in [-0.2, 0) is 0 Å². The molecule has 1 rings (SSSR count). The van der Waals surface area contributed by atoms with E-state index in [-0.39, 0.29) is 18.0 Å². The number of urea groups is 1. The molecule has 0 saturated heterocycles. The van der Waals surface area contributed by atoms with Gasteiger partial charge in [-0.05, 0) is 17.5 Å². The number of carbonyl (C=O) groups excluding carboxylic acids is 1. The first-order chi connectivity index (χ1) is 8.29. The predicted molar refractivity (Wildman–Crippen MR) is 71.7 cm³/mol. The van der Waals surface area contributed by atoms with E-state index in [1.807, 2.05) is 20.8 Å². The second-order valence-electron chi connectivity index (χ2n) is 5.08. The average molecular weight is 272 g/mol. The molecular formula is C12H18ClN3O2. The molecule has 1 aromatic rings. The number of anilines is 1.